The summed E-state index contributed by atoms with van der Waals surface area (Å²) in [5, 5.41) is 11.5. The molecule has 1 atom stereocenters. The molecule has 6 nitrogen and oxygen atoms in total. The van der Waals surface area contributed by atoms with Crippen LogP contribution in [0.15, 0.2) is 0 Å². The maximum Gasteiger partial charge on any atom is 0.326 e. The topological polar surface area (TPSA) is 84.9 Å². The van der Waals surface area contributed by atoms with Crippen LogP contribution in [-0.4, -0.2) is 48.9 Å². The molecule has 0 radical (unpaired) electrons. The SMILES string of the molecule is CCCC[C@H](NC(=O)COC1CCOCC1)C(=O)O. The highest BCUT2D eigenvalue weighted by atomic mass is 16.5. The molecule has 0 aromatic heterocycles. The van der Waals surface area contributed by atoms with Gasteiger partial charge in [-0.3, -0.25) is 4.79 Å². The predicted molar refractivity (Wildman–Crippen MR) is 68.9 cm³/mol. The van der Waals surface area contributed by atoms with Crippen LogP contribution < -0.4 is 5.32 Å². The Balaban J connectivity index is 2.25. The van der Waals surface area contributed by atoms with Crippen molar-refractivity contribution in [1.82, 2.24) is 5.32 Å². The molecule has 0 unspecified atom stereocenters. The van der Waals surface area contributed by atoms with E-state index < -0.39 is 12.0 Å². The Labute approximate surface area is 113 Å². The summed E-state index contributed by atoms with van der Waals surface area (Å²) in [6, 6.07) is -0.814. The third-order valence-corrected chi connectivity index (χ3v) is 3.10. The number of carboxylic acid groups (broad SMARTS) is 1. The summed E-state index contributed by atoms with van der Waals surface area (Å²) in [7, 11) is 0. The van der Waals surface area contributed by atoms with E-state index in [0.717, 1.165) is 25.7 Å². The van der Waals surface area contributed by atoms with Crippen LogP contribution in [-0.2, 0) is 19.1 Å². The maximum atomic E-state index is 11.6. The first-order chi connectivity index (χ1) is 9.13. The zero-order valence-corrected chi connectivity index (χ0v) is 11.4. The molecule has 1 heterocycles. The normalized spacial score (nSPS) is 17.9. The smallest absolute Gasteiger partial charge is 0.326 e. The fourth-order valence-electron chi connectivity index (χ4n) is 1.94. The van der Waals surface area contributed by atoms with E-state index in [1.54, 1.807) is 0 Å². The Hall–Kier alpha value is -1.14. The molecule has 0 saturated carbocycles. The van der Waals surface area contributed by atoms with Gasteiger partial charge in [-0.15, -0.1) is 0 Å². The van der Waals surface area contributed by atoms with Gasteiger partial charge in [-0.1, -0.05) is 19.8 Å². The molecule has 110 valence electrons. The number of carbonyl (C=O) groups is 2. The number of aliphatic carboxylic acids is 1. The van der Waals surface area contributed by atoms with Crippen molar-refractivity contribution in [3.63, 3.8) is 0 Å². The van der Waals surface area contributed by atoms with Gasteiger partial charge < -0.3 is 19.9 Å². The lowest BCUT2D eigenvalue weighted by molar-refractivity contribution is -0.143. The molecule has 1 aliphatic heterocycles. The molecule has 0 bridgehead atoms. The number of ether oxygens (including phenoxy) is 2. The van der Waals surface area contributed by atoms with E-state index in [2.05, 4.69) is 5.32 Å². The fraction of sp³-hybridized carbons (Fsp3) is 0.846. The van der Waals surface area contributed by atoms with E-state index in [1.165, 1.54) is 0 Å². The van der Waals surface area contributed by atoms with Gasteiger partial charge in [0, 0.05) is 13.2 Å². The highest BCUT2D eigenvalue weighted by molar-refractivity contribution is 5.84. The summed E-state index contributed by atoms with van der Waals surface area (Å²) in [6.45, 7) is 3.20. The Kier molecular flexibility index (Phi) is 7.43. The first-order valence-electron chi connectivity index (χ1n) is 6.85. The third-order valence-electron chi connectivity index (χ3n) is 3.10. The number of nitrogens with one attached hydrogen (secondary N) is 1. The van der Waals surface area contributed by atoms with Crippen LogP contribution in [0.25, 0.3) is 0 Å². The largest absolute Gasteiger partial charge is 0.480 e. The van der Waals surface area contributed by atoms with Gasteiger partial charge >= 0.3 is 5.97 Å². The molecule has 1 saturated heterocycles. The first kappa shape index (κ1) is 15.9. The van der Waals surface area contributed by atoms with E-state index in [0.29, 0.717) is 19.6 Å². The van der Waals surface area contributed by atoms with Gasteiger partial charge in [-0.05, 0) is 19.3 Å². The van der Waals surface area contributed by atoms with Gasteiger partial charge in [0.25, 0.3) is 0 Å². The van der Waals surface area contributed by atoms with Crippen LogP contribution in [0.5, 0.6) is 0 Å². The molecule has 0 aromatic rings. The van der Waals surface area contributed by atoms with Crippen molar-refractivity contribution in [1.29, 1.82) is 0 Å². The lowest BCUT2D eigenvalue weighted by Crippen LogP contribution is -2.43. The van der Waals surface area contributed by atoms with E-state index in [1.807, 2.05) is 6.92 Å². The van der Waals surface area contributed by atoms with Gasteiger partial charge in [0.05, 0.1) is 6.10 Å². The number of hydrogen-bond acceptors (Lipinski definition) is 4. The Bertz CT molecular complexity index is 289. The summed E-state index contributed by atoms with van der Waals surface area (Å²) in [5.74, 6) is -1.36. The van der Waals surface area contributed by atoms with Gasteiger partial charge in [-0.2, -0.15) is 0 Å². The zero-order valence-electron chi connectivity index (χ0n) is 11.4. The molecule has 1 rings (SSSR count). The van der Waals surface area contributed by atoms with Crippen molar-refractivity contribution < 1.29 is 24.2 Å². The molecule has 2 N–H and O–H groups in total. The average Bonchev–Trinajstić information content (AvgIpc) is 2.42. The molecule has 0 spiro atoms. The minimum atomic E-state index is -0.993. The monoisotopic (exact) mass is 273 g/mol. The maximum absolute atomic E-state index is 11.6. The highest BCUT2D eigenvalue weighted by Gasteiger charge is 2.20. The van der Waals surface area contributed by atoms with Gasteiger partial charge in [0.1, 0.15) is 12.6 Å². The minimum Gasteiger partial charge on any atom is -0.480 e. The van der Waals surface area contributed by atoms with Crippen LogP contribution in [0.1, 0.15) is 39.0 Å². The Morgan fingerprint density at radius 3 is 2.68 bits per heavy atom. The van der Waals surface area contributed by atoms with Crippen molar-refractivity contribution in [2.75, 3.05) is 19.8 Å². The zero-order chi connectivity index (χ0) is 14.1. The lowest BCUT2D eigenvalue weighted by Gasteiger charge is -2.22. The van der Waals surface area contributed by atoms with E-state index in [-0.39, 0.29) is 18.6 Å². The van der Waals surface area contributed by atoms with E-state index in [9.17, 15) is 9.59 Å². The number of hydrogen-bond donors (Lipinski definition) is 2. The Morgan fingerprint density at radius 1 is 1.42 bits per heavy atom. The summed E-state index contributed by atoms with van der Waals surface area (Å²) in [4.78, 5) is 22.6. The van der Waals surface area contributed by atoms with Crippen molar-refractivity contribution in [3.8, 4) is 0 Å². The molecule has 1 aliphatic rings. The minimum absolute atomic E-state index is 0.0402. The fourth-order valence-corrected chi connectivity index (χ4v) is 1.94. The van der Waals surface area contributed by atoms with E-state index >= 15 is 0 Å². The number of rotatable bonds is 8. The summed E-state index contributed by atoms with van der Waals surface area (Å²) in [6.07, 6.45) is 3.74. The Morgan fingerprint density at radius 2 is 2.11 bits per heavy atom. The molecule has 1 fully saturated rings. The van der Waals surface area contributed by atoms with Crippen LogP contribution in [0.3, 0.4) is 0 Å². The van der Waals surface area contributed by atoms with Gasteiger partial charge in [-0.25, -0.2) is 4.79 Å². The molecular weight excluding hydrogens is 250 g/mol. The molecule has 0 aliphatic carbocycles. The average molecular weight is 273 g/mol. The third kappa shape index (κ3) is 6.54. The highest BCUT2D eigenvalue weighted by Crippen LogP contribution is 2.10. The second-order valence-electron chi connectivity index (χ2n) is 4.72. The second-order valence-corrected chi connectivity index (χ2v) is 4.72. The van der Waals surface area contributed by atoms with Crippen LogP contribution in [0, 0.1) is 0 Å². The molecule has 6 heteroatoms. The summed E-state index contributed by atoms with van der Waals surface area (Å²) < 4.78 is 10.6. The molecule has 19 heavy (non-hydrogen) atoms. The van der Waals surface area contributed by atoms with Crippen molar-refractivity contribution in [3.05, 3.63) is 0 Å². The van der Waals surface area contributed by atoms with Crippen LogP contribution >= 0.6 is 0 Å². The lowest BCUT2D eigenvalue weighted by atomic mass is 10.1. The summed E-state index contributed by atoms with van der Waals surface area (Å²) >= 11 is 0. The van der Waals surface area contributed by atoms with E-state index in [4.69, 9.17) is 14.6 Å². The van der Waals surface area contributed by atoms with Crippen LogP contribution in [0.4, 0.5) is 0 Å². The number of amides is 1. The van der Waals surface area contributed by atoms with Crippen LogP contribution in [0.2, 0.25) is 0 Å². The number of carboxylic acids is 1. The summed E-state index contributed by atoms with van der Waals surface area (Å²) in [5.41, 5.74) is 0. The quantitative estimate of drug-likeness (QED) is 0.687. The second kappa shape index (κ2) is 8.87. The number of unbranched alkanes of at least 4 members (excludes halogenated alkanes) is 1. The predicted octanol–water partition coefficient (Wildman–Crippen LogP) is 0.942. The van der Waals surface area contributed by atoms with Crippen molar-refractivity contribution in [2.45, 2.75) is 51.2 Å². The number of carbonyl (C=O) groups excluding carboxylic acids is 1. The molecular formula is C13H23NO5. The van der Waals surface area contributed by atoms with Gasteiger partial charge in [0.2, 0.25) is 5.91 Å². The van der Waals surface area contributed by atoms with Gasteiger partial charge in [0.15, 0.2) is 0 Å². The molecule has 1 amide bonds. The molecule has 0 aromatic carbocycles. The first-order valence-corrected chi connectivity index (χ1v) is 6.85. The van der Waals surface area contributed by atoms with Crippen molar-refractivity contribution >= 4 is 11.9 Å². The van der Waals surface area contributed by atoms with Crippen molar-refractivity contribution in [2.24, 2.45) is 0 Å². The standard InChI is InChI=1S/C13H23NO5/c1-2-3-4-11(13(16)17)14-12(15)9-19-10-5-7-18-8-6-10/h10-11H,2-9H2,1H3,(H,14,15)(H,16,17)/t11-/m0/s1.